The molecule has 4 heteroatoms. The molecule has 1 amide bonds. The van der Waals surface area contributed by atoms with Crippen molar-refractivity contribution in [2.24, 2.45) is 5.73 Å². The quantitative estimate of drug-likeness (QED) is 0.868. The standard InChI is InChI=1S/C13H19ClN2O/c1-9(10-6-4-5-7-11(10)14)16-12(17)8-13(2,3)15/h4-7,9H,8,15H2,1-3H3,(H,16,17). The molecule has 0 fully saturated rings. The van der Waals surface area contributed by atoms with Crippen LogP contribution in [0.25, 0.3) is 0 Å². The third kappa shape index (κ3) is 4.75. The number of rotatable bonds is 4. The molecule has 0 aliphatic heterocycles. The molecule has 1 atom stereocenters. The number of hydrogen-bond donors (Lipinski definition) is 2. The Balaban J connectivity index is 2.64. The van der Waals surface area contributed by atoms with Crippen molar-refractivity contribution in [3.63, 3.8) is 0 Å². The summed E-state index contributed by atoms with van der Waals surface area (Å²) in [4.78, 5) is 11.7. The van der Waals surface area contributed by atoms with Crippen LogP contribution in [-0.2, 0) is 4.79 Å². The van der Waals surface area contributed by atoms with Gasteiger partial charge in [-0.3, -0.25) is 4.79 Å². The van der Waals surface area contributed by atoms with Gasteiger partial charge in [0.1, 0.15) is 0 Å². The molecular weight excluding hydrogens is 236 g/mol. The molecule has 0 heterocycles. The van der Waals surface area contributed by atoms with E-state index in [0.29, 0.717) is 11.4 Å². The molecule has 0 saturated carbocycles. The van der Waals surface area contributed by atoms with Gasteiger partial charge < -0.3 is 11.1 Å². The van der Waals surface area contributed by atoms with Crippen molar-refractivity contribution < 1.29 is 4.79 Å². The molecule has 3 N–H and O–H groups in total. The van der Waals surface area contributed by atoms with Gasteiger partial charge in [0.2, 0.25) is 5.91 Å². The maximum absolute atomic E-state index is 11.7. The molecule has 3 nitrogen and oxygen atoms in total. The van der Waals surface area contributed by atoms with Gasteiger partial charge in [0, 0.05) is 17.0 Å². The Bertz CT molecular complexity index is 399. The molecule has 0 saturated heterocycles. The van der Waals surface area contributed by atoms with Gasteiger partial charge in [-0.15, -0.1) is 0 Å². The lowest BCUT2D eigenvalue weighted by Crippen LogP contribution is -2.39. The predicted octanol–water partition coefficient (Wildman–Crippen LogP) is 2.64. The average Bonchev–Trinajstić information content (AvgIpc) is 2.14. The van der Waals surface area contributed by atoms with Crippen LogP contribution in [0, 0.1) is 0 Å². The molecule has 0 aromatic heterocycles. The van der Waals surface area contributed by atoms with E-state index in [-0.39, 0.29) is 11.9 Å². The highest BCUT2D eigenvalue weighted by molar-refractivity contribution is 6.31. The first-order valence-corrected chi connectivity index (χ1v) is 6.00. The van der Waals surface area contributed by atoms with Crippen LogP contribution in [0.4, 0.5) is 0 Å². The Morgan fingerprint density at radius 3 is 2.59 bits per heavy atom. The van der Waals surface area contributed by atoms with Crippen LogP contribution in [-0.4, -0.2) is 11.4 Å². The fraction of sp³-hybridized carbons (Fsp3) is 0.462. The minimum Gasteiger partial charge on any atom is -0.349 e. The third-order valence-corrected chi connectivity index (χ3v) is 2.71. The number of halogens is 1. The number of benzene rings is 1. The molecule has 0 radical (unpaired) electrons. The molecule has 1 rings (SSSR count). The van der Waals surface area contributed by atoms with Crippen LogP contribution in [0.3, 0.4) is 0 Å². The maximum Gasteiger partial charge on any atom is 0.222 e. The van der Waals surface area contributed by atoms with E-state index in [0.717, 1.165) is 5.56 Å². The third-order valence-electron chi connectivity index (χ3n) is 2.37. The Morgan fingerprint density at radius 1 is 1.47 bits per heavy atom. The van der Waals surface area contributed by atoms with Gasteiger partial charge in [-0.2, -0.15) is 0 Å². The molecule has 17 heavy (non-hydrogen) atoms. The van der Waals surface area contributed by atoms with E-state index in [4.69, 9.17) is 17.3 Å². The van der Waals surface area contributed by atoms with E-state index in [1.165, 1.54) is 0 Å². The molecule has 1 aromatic carbocycles. The van der Waals surface area contributed by atoms with E-state index in [2.05, 4.69) is 5.32 Å². The zero-order chi connectivity index (χ0) is 13.1. The fourth-order valence-electron chi connectivity index (χ4n) is 1.61. The van der Waals surface area contributed by atoms with E-state index in [1.807, 2.05) is 45.0 Å². The van der Waals surface area contributed by atoms with Crippen molar-refractivity contribution in [2.45, 2.75) is 38.8 Å². The van der Waals surface area contributed by atoms with Gasteiger partial charge in [-0.25, -0.2) is 0 Å². The van der Waals surface area contributed by atoms with Gasteiger partial charge in [0.05, 0.1) is 6.04 Å². The monoisotopic (exact) mass is 254 g/mol. The van der Waals surface area contributed by atoms with Crippen molar-refractivity contribution in [1.82, 2.24) is 5.32 Å². The van der Waals surface area contributed by atoms with Crippen molar-refractivity contribution in [1.29, 1.82) is 0 Å². The second kappa shape index (κ2) is 5.52. The number of carbonyl (C=O) groups is 1. The van der Waals surface area contributed by atoms with E-state index in [1.54, 1.807) is 0 Å². The summed E-state index contributed by atoms with van der Waals surface area (Å²) in [7, 11) is 0. The number of carbonyl (C=O) groups excluding carboxylic acids is 1. The highest BCUT2D eigenvalue weighted by Gasteiger charge is 2.18. The Kier molecular flexibility index (Phi) is 4.54. The topological polar surface area (TPSA) is 55.1 Å². The zero-order valence-corrected chi connectivity index (χ0v) is 11.2. The normalized spacial score (nSPS) is 13.2. The van der Waals surface area contributed by atoms with Crippen LogP contribution < -0.4 is 11.1 Å². The first-order valence-electron chi connectivity index (χ1n) is 5.62. The second-order valence-corrected chi connectivity index (χ2v) is 5.38. The molecular formula is C13H19ClN2O. The smallest absolute Gasteiger partial charge is 0.222 e. The summed E-state index contributed by atoms with van der Waals surface area (Å²) in [6, 6.07) is 7.37. The van der Waals surface area contributed by atoms with Crippen molar-refractivity contribution in [3.05, 3.63) is 34.9 Å². The summed E-state index contributed by atoms with van der Waals surface area (Å²) in [5, 5.41) is 3.55. The van der Waals surface area contributed by atoms with Gasteiger partial charge in [-0.1, -0.05) is 29.8 Å². The largest absolute Gasteiger partial charge is 0.349 e. The average molecular weight is 255 g/mol. The predicted molar refractivity (Wildman–Crippen MR) is 70.9 cm³/mol. The molecule has 0 aliphatic rings. The summed E-state index contributed by atoms with van der Waals surface area (Å²) in [5.41, 5.74) is 6.21. The maximum atomic E-state index is 11.7. The van der Waals surface area contributed by atoms with Gasteiger partial charge >= 0.3 is 0 Å². The Labute approximate surface area is 107 Å². The van der Waals surface area contributed by atoms with E-state index >= 15 is 0 Å². The minimum absolute atomic E-state index is 0.0649. The lowest BCUT2D eigenvalue weighted by atomic mass is 10.0. The minimum atomic E-state index is -0.496. The van der Waals surface area contributed by atoms with Crippen LogP contribution >= 0.6 is 11.6 Å². The van der Waals surface area contributed by atoms with Crippen LogP contribution in [0.1, 0.15) is 38.8 Å². The molecule has 0 spiro atoms. The molecule has 94 valence electrons. The molecule has 1 unspecified atom stereocenters. The lowest BCUT2D eigenvalue weighted by molar-refractivity contribution is -0.122. The molecule has 1 aromatic rings. The number of amides is 1. The summed E-state index contributed by atoms with van der Waals surface area (Å²) in [6.07, 6.45) is 0.293. The van der Waals surface area contributed by atoms with Crippen LogP contribution in [0.5, 0.6) is 0 Å². The molecule has 0 aliphatic carbocycles. The number of nitrogens with one attached hydrogen (secondary N) is 1. The van der Waals surface area contributed by atoms with E-state index in [9.17, 15) is 4.79 Å². The van der Waals surface area contributed by atoms with Crippen molar-refractivity contribution in [2.75, 3.05) is 0 Å². The molecule has 0 bridgehead atoms. The highest BCUT2D eigenvalue weighted by atomic mass is 35.5. The number of nitrogens with two attached hydrogens (primary N) is 1. The summed E-state index contributed by atoms with van der Waals surface area (Å²) >= 11 is 6.06. The highest BCUT2D eigenvalue weighted by Crippen LogP contribution is 2.22. The van der Waals surface area contributed by atoms with Gasteiger partial charge in [0.25, 0.3) is 0 Å². The summed E-state index contributed by atoms with van der Waals surface area (Å²) < 4.78 is 0. The van der Waals surface area contributed by atoms with Gasteiger partial charge in [0.15, 0.2) is 0 Å². The summed E-state index contributed by atoms with van der Waals surface area (Å²) in [6.45, 7) is 5.56. The first-order chi connectivity index (χ1) is 7.79. The summed E-state index contributed by atoms with van der Waals surface area (Å²) in [5.74, 6) is -0.0649. The first kappa shape index (κ1) is 14.0. The Morgan fingerprint density at radius 2 is 2.06 bits per heavy atom. The van der Waals surface area contributed by atoms with E-state index < -0.39 is 5.54 Å². The fourth-order valence-corrected chi connectivity index (χ4v) is 1.91. The van der Waals surface area contributed by atoms with Crippen molar-refractivity contribution in [3.8, 4) is 0 Å². The van der Waals surface area contributed by atoms with Gasteiger partial charge in [-0.05, 0) is 32.4 Å². The van der Waals surface area contributed by atoms with Crippen molar-refractivity contribution >= 4 is 17.5 Å². The number of hydrogen-bond acceptors (Lipinski definition) is 2. The zero-order valence-electron chi connectivity index (χ0n) is 10.5. The Hall–Kier alpha value is -1.06. The lowest BCUT2D eigenvalue weighted by Gasteiger charge is -2.21. The SMILES string of the molecule is CC(NC(=O)CC(C)(C)N)c1ccccc1Cl. The second-order valence-electron chi connectivity index (χ2n) is 4.98. The van der Waals surface area contributed by atoms with Crippen LogP contribution in [0.2, 0.25) is 5.02 Å². The van der Waals surface area contributed by atoms with Crippen LogP contribution in [0.15, 0.2) is 24.3 Å².